The van der Waals surface area contributed by atoms with E-state index in [9.17, 15) is 0 Å². The first-order valence-corrected chi connectivity index (χ1v) is 8.14. The number of rotatable bonds is 6. The minimum atomic E-state index is 0.335. The second kappa shape index (κ2) is 6.72. The SMILES string of the molecule is CCn1cc(C(CN)N2CCC(CC)(CC)CC2)cn1. The topological polar surface area (TPSA) is 47.1 Å². The molecule has 0 spiro atoms. The van der Waals surface area contributed by atoms with Gasteiger partial charge in [0.1, 0.15) is 0 Å². The Morgan fingerprint density at radius 2 is 1.90 bits per heavy atom. The van der Waals surface area contributed by atoms with Gasteiger partial charge < -0.3 is 5.73 Å². The highest BCUT2D eigenvalue weighted by atomic mass is 15.3. The monoisotopic (exact) mass is 278 g/mol. The first-order valence-electron chi connectivity index (χ1n) is 8.14. The predicted octanol–water partition coefficient (Wildman–Crippen LogP) is 2.81. The molecule has 2 rings (SSSR count). The lowest BCUT2D eigenvalue weighted by Crippen LogP contribution is -2.43. The van der Waals surface area contributed by atoms with Gasteiger partial charge in [-0.15, -0.1) is 0 Å². The average molecular weight is 278 g/mol. The van der Waals surface area contributed by atoms with Crippen LogP contribution in [0.15, 0.2) is 12.4 Å². The van der Waals surface area contributed by atoms with E-state index in [0.29, 0.717) is 18.0 Å². The molecule has 1 fully saturated rings. The zero-order valence-electron chi connectivity index (χ0n) is 13.3. The second-order valence-corrected chi connectivity index (χ2v) is 6.12. The van der Waals surface area contributed by atoms with Crippen LogP contribution in [0.4, 0.5) is 0 Å². The molecule has 4 heteroatoms. The van der Waals surface area contributed by atoms with E-state index in [0.717, 1.165) is 6.54 Å². The van der Waals surface area contributed by atoms with E-state index >= 15 is 0 Å². The Balaban J connectivity index is 2.03. The van der Waals surface area contributed by atoms with Crippen LogP contribution in [-0.4, -0.2) is 34.3 Å². The molecular weight excluding hydrogens is 248 g/mol. The molecule has 1 aromatic rings. The fourth-order valence-electron chi connectivity index (χ4n) is 3.49. The first-order chi connectivity index (χ1) is 9.68. The summed E-state index contributed by atoms with van der Waals surface area (Å²) in [6, 6.07) is 0.335. The molecule has 0 saturated carbocycles. The van der Waals surface area contributed by atoms with E-state index in [4.69, 9.17) is 5.73 Å². The molecule has 0 aliphatic carbocycles. The number of aromatic nitrogens is 2. The van der Waals surface area contributed by atoms with Crippen LogP contribution in [0.3, 0.4) is 0 Å². The zero-order chi connectivity index (χ0) is 14.6. The van der Waals surface area contributed by atoms with Gasteiger partial charge in [-0.2, -0.15) is 5.10 Å². The molecule has 1 unspecified atom stereocenters. The van der Waals surface area contributed by atoms with E-state index in [-0.39, 0.29) is 0 Å². The normalized spacial score (nSPS) is 21.0. The number of nitrogens with zero attached hydrogens (tertiary/aromatic N) is 3. The van der Waals surface area contributed by atoms with E-state index in [2.05, 4.69) is 37.0 Å². The third-order valence-corrected chi connectivity index (χ3v) is 5.38. The number of piperidine rings is 1. The van der Waals surface area contributed by atoms with Gasteiger partial charge in [-0.25, -0.2) is 0 Å². The first kappa shape index (κ1) is 15.5. The molecule has 2 heterocycles. The summed E-state index contributed by atoms with van der Waals surface area (Å²) in [5.74, 6) is 0. The summed E-state index contributed by atoms with van der Waals surface area (Å²) in [6.45, 7) is 10.7. The standard InChI is InChI=1S/C16H30N4/c1-4-16(5-2)7-9-19(10-8-16)15(11-17)14-12-18-20(6-3)13-14/h12-13,15H,4-11,17H2,1-3H3. The number of likely N-dealkylation sites (tertiary alicyclic amines) is 1. The molecule has 1 saturated heterocycles. The molecular formula is C16H30N4. The molecule has 20 heavy (non-hydrogen) atoms. The fraction of sp³-hybridized carbons (Fsp3) is 0.812. The van der Waals surface area contributed by atoms with E-state index < -0.39 is 0 Å². The van der Waals surface area contributed by atoms with Crippen LogP contribution in [-0.2, 0) is 6.54 Å². The van der Waals surface area contributed by atoms with Crippen LogP contribution in [0.25, 0.3) is 0 Å². The lowest BCUT2D eigenvalue weighted by Gasteiger charge is -2.43. The molecule has 1 aromatic heterocycles. The molecule has 0 aromatic carbocycles. The molecule has 0 bridgehead atoms. The summed E-state index contributed by atoms with van der Waals surface area (Å²) >= 11 is 0. The van der Waals surface area contributed by atoms with Crippen LogP contribution in [0.1, 0.15) is 58.1 Å². The predicted molar refractivity (Wildman–Crippen MR) is 83.5 cm³/mol. The van der Waals surface area contributed by atoms with E-state index in [1.807, 2.05) is 10.9 Å². The van der Waals surface area contributed by atoms with Crippen molar-refractivity contribution < 1.29 is 0 Å². The van der Waals surface area contributed by atoms with Crippen molar-refractivity contribution in [3.05, 3.63) is 18.0 Å². The quantitative estimate of drug-likeness (QED) is 0.870. The highest BCUT2D eigenvalue weighted by Gasteiger charge is 2.33. The average Bonchev–Trinajstić information content (AvgIpc) is 2.98. The van der Waals surface area contributed by atoms with Crippen molar-refractivity contribution in [1.29, 1.82) is 0 Å². The molecule has 114 valence electrons. The van der Waals surface area contributed by atoms with Gasteiger partial charge in [-0.3, -0.25) is 9.58 Å². The lowest BCUT2D eigenvalue weighted by molar-refractivity contribution is 0.0679. The molecule has 0 radical (unpaired) electrons. The smallest absolute Gasteiger partial charge is 0.0538 e. The maximum atomic E-state index is 6.04. The largest absolute Gasteiger partial charge is 0.329 e. The highest BCUT2D eigenvalue weighted by molar-refractivity contribution is 5.12. The van der Waals surface area contributed by atoms with Crippen molar-refractivity contribution in [2.75, 3.05) is 19.6 Å². The molecule has 1 aliphatic heterocycles. The lowest BCUT2D eigenvalue weighted by atomic mass is 9.74. The summed E-state index contributed by atoms with van der Waals surface area (Å²) in [4.78, 5) is 2.56. The van der Waals surface area contributed by atoms with Gasteiger partial charge in [0.15, 0.2) is 0 Å². The Bertz CT molecular complexity index is 398. The van der Waals surface area contributed by atoms with Gasteiger partial charge >= 0.3 is 0 Å². The van der Waals surface area contributed by atoms with Crippen molar-refractivity contribution in [3.8, 4) is 0 Å². The van der Waals surface area contributed by atoms with Crippen LogP contribution in [0, 0.1) is 5.41 Å². The Morgan fingerprint density at radius 1 is 1.25 bits per heavy atom. The molecule has 2 N–H and O–H groups in total. The third-order valence-electron chi connectivity index (χ3n) is 5.38. The molecule has 1 atom stereocenters. The number of hydrogen-bond acceptors (Lipinski definition) is 3. The van der Waals surface area contributed by atoms with Crippen molar-refractivity contribution in [1.82, 2.24) is 14.7 Å². The molecule has 4 nitrogen and oxygen atoms in total. The van der Waals surface area contributed by atoms with Crippen LogP contribution in [0.5, 0.6) is 0 Å². The summed E-state index contributed by atoms with van der Waals surface area (Å²) in [7, 11) is 0. The fourth-order valence-corrected chi connectivity index (χ4v) is 3.49. The van der Waals surface area contributed by atoms with Crippen LogP contribution >= 0.6 is 0 Å². The summed E-state index contributed by atoms with van der Waals surface area (Å²) in [5, 5.41) is 4.39. The Labute approximate surface area is 123 Å². The third kappa shape index (κ3) is 3.07. The van der Waals surface area contributed by atoms with E-state index in [1.165, 1.54) is 44.3 Å². The zero-order valence-corrected chi connectivity index (χ0v) is 13.3. The van der Waals surface area contributed by atoms with Gasteiger partial charge in [0.25, 0.3) is 0 Å². The van der Waals surface area contributed by atoms with Gasteiger partial charge in [0, 0.05) is 24.8 Å². The summed E-state index contributed by atoms with van der Waals surface area (Å²) in [6.07, 6.45) is 9.36. The van der Waals surface area contributed by atoms with Crippen LogP contribution < -0.4 is 5.73 Å². The van der Waals surface area contributed by atoms with Crippen molar-refractivity contribution in [2.45, 2.75) is 59.0 Å². The highest BCUT2D eigenvalue weighted by Crippen LogP contribution is 2.39. The minimum absolute atomic E-state index is 0.335. The number of nitrogens with two attached hydrogens (primary N) is 1. The molecule has 0 amide bonds. The van der Waals surface area contributed by atoms with Crippen molar-refractivity contribution in [3.63, 3.8) is 0 Å². The number of hydrogen-bond donors (Lipinski definition) is 1. The van der Waals surface area contributed by atoms with Gasteiger partial charge in [-0.05, 0) is 38.3 Å². The van der Waals surface area contributed by atoms with Gasteiger partial charge in [0.2, 0.25) is 0 Å². The van der Waals surface area contributed by atoms with Gasteiger partial charge in [-0.1, -0.05) is 26.7 Å². The minimum Gasteiger partial charge on any atom is -0.329 e. The maximum absolute atomic E-state index is 6.04. The Hall–Kier alpha value is -0.870. The summed E-state index contributed by atoms with van der Waals surface area (Å²) < 4.78 is 1.99. The maximum Gasteiger partial charge on any atom is 0.0538 e. The van der Waals surface area contributed by atoms with E-state index in [1.54, 1.807) is 0 Å². The number of aryl methyl sites for hydroxylation is 1. The van der Waals surface area contributed by atoms with Crippen molar-refractivity contribution in [2.24, 2.45) is 11.1 Å². The van der Waals surface area contributed by atoms with Crippen LogP contribution in [0.2, 0.25) is 0 Å². The second-order valence-electron chi connectivity index (χ2n) is 6.12. The molecule has 1 aliphatic rings. The summed E-state index contributed by atoms with van der Waals surface area (Å²) in [5.41, 5.74) is 7.89. The Kier molecular flexibility index (Phi) is 5.22. The Morgan fingerprint density at radius 3 is 2.35 bits per heavy atom. The van der Waals surface area contributed by atoms with Crippen molar-refractivity contribution >= 4 is 0 Å². The van der Waals surface area contributed by atoms with Gasteiger partial charge in [0.05, 0.1) is 12.2 Å².